The third kappa shape index (κ3) is 2.19. The van der Waals surface area contributed by atoms with Crippen molar-refractivity contribution < 1.29 is 0 Å². The summed E-state index contributed by atoms with van der Waals surface area (Å²) in [5.74, 6) is 2.41. The van der Waals surface area contributed by atoms with Crippen LogP contribution in [0.1, 0.15) is 39.5 Å². The number of thioether (sulfide) groups is 1. The van der Waals surface area contributed by atoms with Crippen LogP contribution < -0.4 is 0 Å². The monoisotopic (exact) mass is 158 g/mol. The molecule has 1 heteroatoms. The fourth-order valence-electron chi connectivity index (χ4n) is 1.53. The van der Waals surface area contributed by atoms with Gasteiger partial charge in [0.1, 0.15) is 0 Å². The van der Waals surface area contributed by atoms with E-state index in [0.717, 1.165) is 11.2 Å². The highest BCUT2D eigenvalue weighted by atomic mass is 32.2. The molecule has 0 bridgehead atoms. The SMILES string of the molecule is CCCC[C@H]1SCC[C@H]1C. The number of unbranched alkanes of at least 4 members (excludes halogenated alkanes) is 1. The standard InChI is InChI=1S/C9H18S/c1-3-4-5-9-8(2)6-7-10-9/h8-9H,3-7H2,1-2H3/t8-,9-/m1/s1. The molecule has 0 aromatic carbocycles. The summed E-state index contributed by atoms with van der Waals surface area (Å²) in [6.07, 6.45) is 5.72. The molecule has 0 aromatic rings. The van der Waals surface area contributed by atoms with Gasteiger partial charge in [-0.2, -0.15) is 11.8 Å². The van der Waals surface area contributed by atoms with Crippen molar-refractivity contribution in [3.05, 3.63) is 0 Å². The second kappa shape index (κ2) is 4.27. The Kier molecular flexibility index (Phi) is 3.61. The van der Waals surface area contributed by atoms with Crippen molar-refractivity contribution in [2.45, 2.75) is 44.8 Å². The van der Waals surface area contributed by atoms with Crippen LogP contribution >= 0.6 is 11.8 Å². The fourth-order valence-corrected chi connectivity index (χ4v) is 3.14. The molecule has 0 aromatic heterocycles. The highest BCUT2D eigenvalue weighted by Crippen LogP contribution is 2.34. The summed E-state index contributed by atoms with van der Waals surface area (Å²) >= 11 is 2.19. The average Bonchev–Trinajstić information content (AvgIpc) is 2.31. The molecule has 0 saturated carbocycles. The average molecular weight is 158 g/mol. The van der Waals surface area contributed by atoms with E-state index in [0.29, 0.717) is 0 Å². The molecule has 1 aliphatic heterocycles. The second-order valence-corrected chi connectivity index (χ2v) is 4.66. The molecular formula is C9H18S. The highest BCUT2D eigenvalue weighted by Gasteiger charge is 2.22. The molecule has 0 unspecified atom stereocenters. The number of hydrogen-bond acceptors (Lipinski definition) is 1. The Hall–Kier alpha value is 0.350. The summed E-state index contributed by atoms with van der Waals surface area (Å²) in [6, 6.07) is 0. The lowest BCUT2D eigenvalue weighted by Gasteiger charge is -2.12. The van der Waals surface area contributed by atoms with Gasteiger partial charge >= 0.3 is 0 Å². The van der Waals surface area contributed by atoms with E-state index >= 15 is 0 Å². The molecular weight excluding hydrogens is 140 g/mol. The molecule has 0 amide bonds. The molecule has 10 heavy (non-hydrogen) atoms. The molecule has 60 valence electrons. The zero-order valence-corrected chi connectivity index (χ0v) is 7.91. The number of hydrogen-bond donors (Lipinski definition) is 0. The second-order valence-electron chi connectivity index (χ2n) is 3.32. The lowest BCUT2D eigenvalue weighted by Crippen LogP contribution is -2.06. The fraction of sp³-hybridized carbons (Fsp3) is 1.00. The smallest absolute Gasteiger partial charge is 0.00729 e. The molecule has 1 saturated heterocycles. The third-order valence-corrected chi connectivity index (χ3v) is 3.98. The first-order valence-corrected chi connectivity index (χ1v) is 5.51. The maximum Gasteiger partial charge on any atom is 0.00729 e. The maximum atomic E-state index is 2.40. The first-order valence-electron chi connectivity index (χ1n) is 4.46. The minimum Gasteiger partial charge on any atom is -0.158 e. The Morgan fingerprint density at radius 1 is 1.50 bits per heavy atom. The molecule has 0 spiro atoms. The highest BCUT2D eigenvalue weighted by molar-refractivity contribution is 8.00. The van der Waals surface area contributed by atoms with Gasteiger partial charge in [0.2, 0.25) is 0 Å². The van der Waals surface area contributed by atoms with Crippen LogP contribution in [0.5, 0.6) is 0 Å². The van der Waals surface area contributed by atoms with Gasteiger partial charge in [0.05, 0.1) is 0 Å². The van der Waals surface area contributed by atoms with Crippen molar-refractivity contribution in [3.8, 4) is 0 Å². The normalized spacial score (nSPS) is 33.0. The minimum atomic E-state index is 0.997. The Morgan fingerprint density at radius 2 is 2.30 bits per heavy atom. The van der Waals surface area contributed by atoms with Crippen LogP contribution in [0.25, 0.3) is 0 Å². The van der Waals surface area contributed by atoms with Gasteiger partial charge in [-0.15, -0.1) is 0 Å². The Balaban J connectivity index is 2.14. The van der Waals surface area contributed by atoms with Crippen molar-refractivity contribution in [3.63, 3.8) is 0 Å². The van der Waals surface area contributed by atoms with E-state index in [2.05, 4.69) is 25.6 Å². The van der Waals surface area contributed by atoms with E-state index in [1.165, 1.54) is 31.4 Å². The summed E-state index contributed by atoms with van der Waals surface area (Å²) in [4.78, 5) is 0. The molecule has 0 N–H and O–H groups in total. The molecule has 1 fully saturated rings. The molecule has 1 rings (SSSR count). The summed E-state index contributed by atoms with van der Waals surface area (Å²) < 4.78 is 0. The van der Waals surface area contributed by atoms with Crippen LogP contribution in [0.3, 0.4) is 0 Å². The van der Waals surface area contributed by atoms with Crippen molar-refractivity contribution in [1.29, 1.82) is 0 Å². The van der Waals surface area contributed by atoms with Gasteiger partial charge in [-0.3, -0.25) is 0 Å². The van der Waals surface area contributed by atoms with E-state index in [1.54, 1.807) is 0 Å². The van der Waals surface area contributed by atoms with Gasteiger partial charge in [0.15, 0.2) is 0 Å². The molecule has 0 nitrogen and oxygen atoms in total. The van der Waals surface area contributed by atoms with Crippen LogP contribution in [0, 0.1) is 5.92 Å². The Bertz CT molecular complexity index is 90.7. The summed E-state index contributed by atoms with van der Waals surface area (Å²) in [6.45, 7) is 4.69. The Labute approximate surface area is 68.8 Å². The van der Waals surface area contributed by atoms with E-state index in [4.69, 9.17) is 0 Å². The summed E-state index contributed by atoms with van der Waals surface area (Å²) in [5, 5.41) is 1.000. The first-order chi connectivity index (χ1) is 4.84. The van der Waals surface area contributed by atoms with E-state index < -0.39 is 0 Å². The van der Waals surface area contributed by atoms with E-state index in [-0.39, 0.29) is 0 Å². The van der Waals surface area contributed by atoms with Crippen molar-refractivity contribution in [1.82, 2.24) is 0 Å². The van der Waals surface area contributed by atoms with E-state index in [9.17, 15) is 0 Å². The van der Waals surface area contributed by atoms with Crippen molar-refractivity contribution >= 4 is 11.8 Å². The summed E-state index contributed by atoms with van der Waals surface area (Å²) in [7, 11) is 0. The molecule has 1 heterocycles. The predicted molar refractivity (Wildman–Crippen MR) is 49.6 cm³/mol. The predicted octanol–water partition coefficient (Wildman–Crippen LogP) is 3.32. The van der Waals surface area contributed by atoms with Crippen LogP contribution in [-0.2, 0) is 0 Å². The minimum absolute atomic E-state index is 0.997. The topological polar surface area (TPSA) is 0 Å². The molecule has 2 atom stereocenters. The molecule has 1 aliphatic rings. The van der Waals surface area contributed by atoms with Gasteiger partial charge in [-0.05, 0) is 24.5 Å². The Morgan fingerprint density at radius 3 is 2.80 bits per heavy atom. The quantitative estimate of drug-likeness (QED) is 0.607. The van der Waals surface area contributed by atoms with Crippen molar-refractivity contribution in [2.24, 2.45) is 5.92 Å². The van der Waals surface area contributed by atoms with Gasteiger partial charge in [0, 0.05) is 5.25 Å². The zero-order chi connectivity index (χ0) is 7.40. The van der Waals surface area contributed by atoms with Gasteiger partial charge in [0.25, 0.3) is 0 Å². The molecule has 0 radical (unpaired) electrons. The van der Waals surface area contributed by atoms with E-state index in [1.807, 2.05) is 0 Å². The van der Waals surface area contributed by atoms with Gasteiger partial charge < -0.3 is 0 Å². The van der Waals surface area contributed by atoms with Gasteiger partial charge in [-0.1, -0.05) is 26.7 Å². The summed E-state index contributed by atoms with van der Waals surface area (Å²) in [5.41, 5.74) is 0. The lowest BCUT2D eigenvalue weighted by molar-refractivity contribution is 0.523. The lowest BCUT2D eigenvalue weighted by atomic mass is 10.0. The largest absolute Gasteiger partial charge is 0.158 e. The zero-order valence-electron chi connectivity index (χ0n) is 7.10. The number of rotatable bonds is 3. The molecule has 0 aliphatic carbocycles. The van der Waals surface area contributed by atoms with Crippen molar-refractivity contribution in [2.75, 3.05) is 5.75 Å². The third-order valence-electron chi connectivity index (χ3n) is 2.38. The van der Waals surface area contributed by atoms with Crippen LogP contribution in [-0.4, -0.2) is 11.0 Å². The maximum absolute atomic E-state index is 2.40. The van der Waals surface area contributed by atoms with Crippen LogP contribution in [0.4, 0.5) is 0 Å². The van der Waals surface area contributed by atoms with Crippen LogP contribution in [0.2, 0.25) is 0 Å². The van der Waals surface area contributed by atoms with Gasteiger partial charge in [-0.25, -0.2) is 0 Å². The first kappa shape index (κ1) is 8.45. The van der Waals surface area contributed by atoms with Crippen LogP contribution in [0.15, 0.2) is 0 Å².